The van der Waals surface area contributed by atoms with Crippen molar-refractivity contribution in [3.63, 3.8) is 0 Å². The van der Waals surface area contributed by atoms with E-state index in [9.17, 15) is 4.79 Å². The summed E-state index contributed by atoms with van der Waals surface area (Å²) in [4.78, 5) is 14.8. The SMILES string of the molecule is O=C(C1CCn2nnnc2C1)N1CCC(c2ccc(Cl)cc2)C1. The molecule has 1 aromatic carbocycles. The molecule has 2 unspecified atom stereocenters. The van der Waals surface area contributed by atoms with Crippen LogP contribution in [0.5, 0.6) is 0 Å². The number of hydrogen-bond donors (Lipinski definition) is 0. The lowest BCUT2D eigenvalue weighted by Gasteiger charge is -2.26. The second-order valence-electron chi connectivity index (χ2n) is 6.33. The fourth-order valence-corrected chi connectivity index (χ4v) is 3.71. The van der Waals surface area contributed by atoms with Gasteiger partial charge in [-0.2, -0.15) is 0 Å². The van der Waals surface area contributed by atoms with Gasteiger partial charge in [-0.1, -0.05) is 23.7 Å². The van der Waals surface area contributed by atoms with Crippen LogP contribution in [0.4, 0.5) is 0 Å². The Bertz CT molecular complexity index is 714. The molecule has 1 amide bonds. The summed E-state index contributed by atoms with van der Waals surface area (Å²) in [5.41, 5.74) is 1.26. The second kappa shape index (κ2) is 5.92. The highest BCUT2D eigenvalue weighted by Crippen LogP contribution is 2.30. The molecule has 0 radical (unpaired) electrons. The van der Waals surface area contributed by atoms with E-state index in [0.717, 1.165) is 43.3 Å². The van der Waals surface area contributed by atoms with Crippen molar-refractivity contribution in [2.75, 3.05) is 13.1 Å². The number of fused-ring (bicyclic) bond motifs is 1. The van der Waals surface area contributed by atoms with Crippen LogP contribution in [0, 0.1) is 5.92 Å². The van der Waals surface area contributed by atoms with Gasteiger partial charge in [-0.05, 0) is 41.0 Å². The number of likely N-dealkylation sites (tertiary alicyclic amines) is 1. The van der Waals surface area contributed by atoms with Crippen molar-refractivity contribution in [1.82, 2.24) is 25.1 Å². The molecule has 0 aliphatic carbocycles. The lowest BCUT2D eigenvalue weighted by molar-refractivity contribution is -0.135. The number of aryl methyl sites for hydroxylation is 1. The summed E-state index contributed by atoms with van der Waals surface area (Å²) in [6, 6.07) is 7.97. The fraction of sp³-hybridized carbons (Fsp3) is 0.500. The molecular weight excluding hydrogens is 314 g/mol. The molecule has 1 fully saturated rings. The number of carbonyl (C=O) groups is 1. The zero-order chi connectivity index (χ0) is 15.8. The number of benzene rings is 1. The Morgan fingerprint density at radius 2 is 2.00 bits per heavy atom. The number of aromatic nitrogens is 4. The van der Waals surface area contributed by atoms with Crippen LogP contribution >= 0.6 is 11.6 Å². The first-order chi connectivity index (χ1) is 11.2. The zero-order valence-corrected chi connectivity index (χ0v) is 13.5. The lowest BCUT2D eigenvalue weighted by Crippen LogP contribution is -2.38. The third-order valence-electron chi connectivity index (χ3n) is 4.91. The summed E-state index contributed by atoms with van der Waals surface area (Å²) in [6.07, 6.45) is 2.48. The van der Waals surface area contributed by atoms with E-state index in [4.69, 9.17) is 11.6 Å². The predicted octanol–water partition coefficient (Wildman–Crippen LogP) is 1.90. The maximum absolute atomic E-state index is 12.8. The highest BCUT2D eigenvalue weighted by molar-refractivity contribution is 6.30. The van der Waals surface area contributed by atoms with Gasteiger partial charge in [-0.25, -0.2) is 4.68 Å². The highest BCUT2D eigenvalue weighted by Gasteiger charge is 2.34. The molecule has 2 aliphatic rings. The minimum atomic E-state index is 0.0115. The topological polar surface area (TPSA) is 63.9 Å². The smallest absolute Gasteiger partial charge is 0.226 e. The Labute approximate surface area is 139 Å². The molecule has 0 N–H and O–H groups in total. The minimum Gasteiger partial charge on any atom is -0.342 e. The van der Waals surface area contributed by atoms with E-state index in [1.165, 1.54) is 5.56 Å². The van der Waals surface area contributed by atoms with Crippen molar-refractivity contribution in [3.8, 4) is 0 Å². The van der Waals surface area contributed by atoms with Crippen LogP contribution < -0.4 is 0 Å². The van der Waals surface area contributed by atoms with E-state index in [-0.39, 0.29) is 11.8 Å². The molecular formula is C16H18ClN5O. The molecule has 2 aliphatic heterocycles. The van der Waals surface area contributed by atoms with Crippen LogP contribution in [-0.4, -0.2) is 44.1 Å². The Kier molecular flexibility index (Phi) is 3.77. The molecule has 0 saturated carbocycles. The van der Waals surface area contributed by atoms with Gasteiger partial charge in [0.25, 0.3) is 0 Å². The quantitative estimate of drug-likeness (QED) is 0.843. The van der Waals surface area contributed by atoms with Gasteiger partial charge < -0.3 is 4.90 Å². The average Bonchev–Trinajstić information content (AvgIpc) is 3.23. The molecule has 2 aromatic rings. The molecule has 7 heteroatoms. The number of tetrazole rings is 1. The average molecular weight is 332 g/mol. The monoisotopic (exact) mass is 331 g/mol. The van der Waals surface area contributed by atoms with E-state index in [2.05, 4.69) is 27.7 Å². The van der Waals surface area contributed by atoms with Gasteiger partial charge in [0.05, 0.1) is 0 Å². The largest absolute Gasteiger partial charge is 0.342 e. The van der Waals surface area contributed by atoms with Crippen LogP contribution in [0.2, 0.25) is 5.02 Å². The number of carbonyl (C=O) groups excluding carboxylic acids is 1. The van der Waals surface area contributed by atoms with E-state index < -0.39 is 0 Å². The maximum atomic E-state index is 12.8. The summed E-state index contributed by atoms with van der Waals surface area (Å²) < 4.78 is 1.80. The standard InChI is InChI=1S/C16H18ClN5O/c17-14-3-1-11(2-4-14)13-5-7-21(10-13)16(23)12-6-8-22-15(9-12)18-19-20-22/h1-4,12-13H,5-10H2. The van der Waals surface area contributed by atoms with Crippen LogP contribution in [-0.2, 0) is 17.8 Å². The van der Waals surface area contributed by atoms with Crippen molar-refractivity contribution in [2.45, 2.75) is 31.7 Å². The molecule has 2 atom stereocenters. The number of amides is 1. The Hall–Kier alpha value is -1.95. The van der Waals surface area contributed by atoms with Crippen molar-refractivity contribution < 1.29 is 4.79 Å². The van der Waals surface area contributed by atoms with E-state index >= 15 is 0 Å². The summed E-state index contributed by atoms with van der Waals surface area (Å²) in [5.74, 6) is 1.49. The predicted molar refractivity (Wildman–Crippen MR) is 85.0 cm³/mol. The van der Waals surface area contributed by atoms with Crippen LogP contribution in [0.1, 0.15) is 30.1 Å². The van der Waals surface area contributed by atoms with Crippen molar-refractivity contribution in [3.05, 3.63) is 40.7 Å². The summed E-state index contributed by atoms with van der Waals surface area (Å²) in [6.45, 7) is 2.35. The lowest BCUT2D eigenvalue weighted by atomic mass is 9.96. The van der Waals surface area contributed by atoms with Gasteiger partial charge in [0, 0.05) is 42.9 Å². The number of halogens is 1. The zero-order valence-electron chi connectivity index (χ0n) is 12.7. The van der Waals surface area contributed by atoms with E-state index in [1.54, 1.807) is 4.68 Å². The van der Waals surface area contributed by atoms with Gasteiger partial charge in [-0.15, -0.1) is 5.10 Å². The molecule has 4 rings (SSSR count). The number of hydrogen-bond acceptors (Lipinski definition) is 4. The normalized spacial score (nSPS) is 23.8. The van der Waals surface area contributed by atoms with Crippen molar-refractivity contribution in [2.24, 2.45) is 5.92 Å². The Morgan fingerprint density at radius 3 is 2.83 bits per heavy atom. The van der Waals surface area contributed by atoms with Gasteiger partial charge in [0.2, 0.25) is 5.91 Å². The Morgan fingerprint density at radius 1 is 1.17 bits per heavy atom. The van der Waals surface area contributed by atoms with Gasteiger partial charge in [0.15, 0.2) is 5.82 Å². The molecule has 23 heavy (non-hydrogen) atoms. The van der Waals surface area contributed by atoms with Crippen LogP contribution in [0.3, 0.4) is 0 Å². The van der Waals surface area contributed by atoms with E-state index in [1.807, 2.05) is 17.0 Å². The molecule has 0 spiro atoms. The molecule has 1 aromatic heterocycles. The number of rotatable bonds is 2. The first-order valence-electron chi connectivity index (χ1n) is 8.00. The van der Waals surface area contributed by atoms with Crippen LogP contribution in [0.25, 0.3) is 0 Å². The van der Waals surface area contributed by atoms with Crippen molar-refractivity contribution >= 4 is 17.5 Å². The second-order valence-corrected chi connectivity index (χ2v) is 6.77. The summed E-state index contributed by atoms with van der Waals surface area (Å²) in [5, 5.41) is 12.4. The van der Waals surface area contributed by atoms with Gasteiger partial charge >= 0.3 is 0 Å². The van der Waals surface area contributed by atoms with Crippen molar-refractivity contribution in [1.29, 1.82) is 0 Å². The molecule has 120 valence electrons. The molecule has 3 heterocycles. The van der Waals surface area contributed by atoms with Gasteiger partial charge in [0.1, 0.15) is 0 Å². The minimum absolute atomic E-state index is 0.0115. The first-order valence-corrected chi connectivity index (χ1v) is 8.38. The third kappa shape index (κ3) is 2.83. The number of nitrogens with zero attached hydrogens (tertiary/aromatic N) is 5. The first kappa shape index (κ1) is 14.6. The fourth-order valence-electron chi connectivity index (χ4n) is 3.58. The molecule has 1 saturated heterocycles. The highest BCUT2D eigenvalue weighted by atomic mass is 35.5. The Balaban J connectivity index is 1.41. The van der Waals surface area contributed by atoms with E-state index in [0.29, 0.717) is 12.3 Å². The molecule has 0 bridgehead atoms. The maximum Gasteiger partial charge on any atom is 0.226 e. The molecule has 6 nitrogen and oxygen atoms in total. The van der Waals surface area contributed by atoms with Crippen LogP contribution in [0.15, 0.2) is 24.3 Å². The van der Waals surface area contributed by atoms with Gasteiger partial charge in [-0.3, -0.25) is 4.79 Å². The summed E-state index contributed by atoms with van der Waals surface area (Å²) in [7, 11) is 0. The third-order valence-corrected chi connectivity index (χ3v) is 5.17. The summed E-state index contributed by atoms with van der Waals surface area (Å²) >= 11 is 5.95.